The summed E-state index contributed by atoms with van der Waals surface area (Å²) in [5, 5.41) is 6.98. The topological polar surface area (TPSA) is 109 Å². The van der Waals surface area contributed by atoms with Crippen LogP contribution in [0.3, 0.4) is 0 Å². The summed E-state index contributed by atoms with van der Waals surface area (Å²) in [6.45, 7) is 0.340. The van der Waals surface area contributed by atoms with E-state index in [2.05, 4.69) is 15.4 Å². The highest BCUT2D eigenvalue weighted by atomic mass is 35.5. The summed E-state index contributed by atoms with van der Waals surface area (Å²) < 4.78 is 82.4. The Labute approximate surface area is 258 Å². The average Bonchev–Trinajstić information content (AvgIpc) is 3.52. The molecule has 0 radical (unpaired) electrons. The molecule has 1 aromatic carbocycles. The molecule has 2 amide bonds. The zero-order valence-electron chi connectivity index (χ0n) is 23.8. The van der Waals surface area contributed by atoms with E-state index in [1.54, 1.807) is 12.1 Å². The average molecular weight is 658 g/mol. The zero-order valence-corrected chi connectivity index (χ0v) is 24.6. The van der Waals surface area contributed by atoms with E-state index in [-0.39, 0.29) is 55.4 Å². The van der Waals surface area contributed by atoms with Gasteiger partial charge in [0.2, 0.25) is 11.8 Å². The number of nitrogens with one attached hydrogen (secondary N) is 1. The number of nitrogens with zero attached hydrogens (tertiary/aromatic N) is 5. The molecule has 0 spiro atoms. The van der Waals surface area contributed by atoms with Crippen molar-refractivity contribution in [1.82, 2.24) is 29.7 Å². The molecule has 16 heteroatoms. The minimum Gasteiger partial charge on any atom is -0.382 e. The number of halogens is 7. The molecule has 3 N–H and O–H groups in total. The second-order valence-corrected chi connectivity index (χ2v) is 12.5. The Bertz CT molecular complexity index is 1620. The van der Waals surface area contributed by atoms with Crippen LogP contribution in [0.4, 0.5) is 32.2 Å². The fourth-order valence-corrected chi connectivity index (χ4v) is 6.61. The van der Waals surface area contributed by atoms with E-state index in [0.29, 0.717) is 28.9 Å². The number of rotatable bonds is 6. The minimum atomic E-state index is -4.23. The highest BCUT2D eigenvalue weighted by Gasteiger charge is 2.51. The predicted octanol–water partition coefficient (Wildman–Crippen LogP) is 4.73. The van der Waals surface area contributed by atoms with E-state index >= 15 is 0 Å². The second-order valence-electron chi connectivity index (χ2n) is 12.0. The number of piperidine rings is 1. The maximum atomic E-state index is 14.9. The van der Waals surface area contributed by atoms with E-state index in [9.17, 15) is 35.9 Å². The number of anilines is 1. The molecule has 4 heterocycles. The third-order valence-electron chi connectivity index (χ3n) is 8.93. The first kappa shape index (κ1) is 31.4. The van der Waals surface area contributed by atoms with Crippen molar-refractivity contribution in [2.24, 2.45) is 11.8 Å². The number of nitrogens with two attached hydrogens (primary N) is 1. The van der Waals surface area contributed by atoms with Crippen LogP contribution >= 0.6 is 11.6 Å². The molecule has 6 rings (SSSR count). The molecule has 2 atom stereocenters. The third kappa shape index (κ3) is 6.28. The number of likely N-dealkylation sites (tertiary alicyclic amines) is 2. The molecule has 1 aliphatic carbocycles. The van der Waals surface area contributed by atoms with Gasteiger partial charge in [0.1, 0.15) is 18.0 Å². The lowest BCUT2D eigenvalue weighted by atomic mass is 9.80. The van der Waals surface area contributed by atoms with Crippen LogP contribution in [0.25, 0.3) is 16.8 Å². The minimum absolute atomic E-state index is 0.00699. The van der Waals surface area contributed by atoms with E-state index in [4.69, 9.17) is 17.3 Å². The summed E-state index contributed by atoms with van der Waals surface area (Å²) in [5.74, 6) is -6.16. The Morgan fingerprint density at radius 1 is 1.11 bits per heavy atom. The van der Waals surface area contributed by atoms with Gasteiger partial charge < -0.3 is 16.0 Å². The van der Waals surface area contributed by atoms with Gasteiger partial charge in [0.15, 0.2) is 5.82 Å². The van der Waals surface area contributed by atoms with Gasteiger partial charge in [-0.2, -0.15) is 18.3 Å². The number of amides is 2. The van der Waals surface area contributed by atoms with E-state index in [1.165, 1.54) is 23.0 Å². The summed E-state index contributed by atoms with van der Waals surface area (Å²) in [5.41, 5.74) is 8.41. The first-order valence-corrected chi connectivity index (χ1v) is 14.9. The first-order chi connectivity index (χ1) is 21.2. The monoisotopic (exact) mass is 657 g/mol. The van der Waals surface area contributed by atoms with E-state index in [1.807, 2.05) is 4.90 Å². The maximum absolute atomic E-state index is 14.9. The van der Waals surface area contributed by atoms with Gasteiger partial charge in [-0.25, -0.2) is 22.7 Å². The highest BCUT2D eigenvalue weighted by Crippen LogP contribution is 2.43. The van der Waals surface area contributed by atoms with Gasteiger partial charge in [0.05, 0.1) is 34.8 Å². The lowest BCUT2D eigenvalue weighted by Gasteiger charge is -2.36. The number of hydrogen-bond acceptors (Lipinski definition) is 6. The van der Waals surface area contributed by atoms with Crippen molar-refractivity contribution in [3.8, 4) is 11.3 Å². The van der Waals surface area contributed by atoms with Crippen molar-refractivity contribution < 1.29 is 35.9 Å². The lowest BCUT2D eigenvalue weighted by Crippen LogP contribution is -2.47. The Balaban J connectivity index is 1.20. The summed E-state index contributed by atoms with van der Waals surface area (Å²) in [6.07, 6.45) is -5.72. The van der Waals surface area contributed by atoms with Crippen molar-refractivity contribution in [3.05, 3.63) is 46.7 Å². The van der Waals surface area contributed by atoms with E-state index < -0.39 is 60.8 Å². The van der Waals surface area contributed by atoms with Crippen molar-refractivity contribution >= 4 is 34.7 Å². The lowest BCUT2D eigenvalue weighted by molar-refractivity contribution is -0.185. The van der Waals surface area contributed by atoms with Crippen molar-refractivity contribution in [2.45, 2.75) is 56.5 Å². The standard InChI is InChI=1S/C29H30ClF6N7O2/c30-20-2-1-15(7-19(20)26(44)40-22-13-42(12-21(22)31)27(45)17-9-28(32,33)10-17)23-8-16(24-25(37)38-14-39-43(23)24)11-41-5-3-18(4-6-41)29(34,35)36/h1-2,7-8,14,17-18,21-22H,3-6,9-13H2,(H,40,44)(H2,37,38,39)/t21-,22+/m0/s1. The number of hydrogen-bond donors (Lipinski definition) is 2. The van der Waals surface area contributed by atoms with Crippen LogP contribution < -0.4 is 11.1 Å². The molecule has 3 aliphatic rings. The fourth-order valence-electron chi connectivity index (χ4n) is 6.41. The van der Waals surface area contributed by atoms with Crippen molar-refractivity contribution in [2.75, 3.05) is 31.9 Å². The molecular formula is C29H30ClF6N7O2. The number of benzene rings is 1. The third-order valence-corrected chi connectivity index (χ3v) is 9.26. The van der Waals surface area contributed by atoms with Gasteiger partial charge >= 0.3 is 6.18 Å². The number of fused-ring (bicyclic) bond motifs is 1. The maximum Gasteiger partial charge on any atom is 0.391 e. The first-order valence-electron chi connectivity index (χ1n) is 14.5. The molecule has 2 aromatic heterocycles. The molecule has 45 heavy (non-hydrogen) atoms. The van der Waals surface area contributed by atoms with Gasteiger partial charge in [0, 0.05) is 37.4 Å². The molecule has 2 saturated heterocycles. The summed E-state index contributed by atoms with van der Waals surface area (Å²) >= 11 is 6.37. The second kappa shape index (κ2) is 11.6. The molecule has 3 fully saturated rings. The number of aromatic nitrogens is 3. The van der Waals surface area contributed by atoms with Crippen LogP contribution in [0, 0.1) is 11.8 Å². The molecule has 2 aliphatic heterocycles. The van der Waals surface area contributed by atoms with Crippen molar-refractivity contribution in [3.63, 3.8) is 0 Å². The van der Waals surface area contributed by atoms with Crippen LogP contribution in [0.2, 0.25) is 5.02 Å². The Morgan fingerprint density at radius 3 is 2.49 bits per heavy atom. The number of carbonyl (C=O) groups excluding carboxylic acids is 2. The van der Waals surface area contributed by atoms with Crippen LogP contribution in [0.15, 0.2) is 30.6 Å². The van der Waals surface area contributed by atoms with Crippen LogP contribution in [0.5, 0.6) is 0 Å². The normalized spacial score (nSPS) is 23.0. The predicted molar refractivity (Wildman–Crippen MR) is 152 cm³/mol. The quantitative estimate of drug-likeness (QED) is 0.371. The summed E-state index contributed by atoms with van der Waals surface area (Å²) in [6, 6.07) is 5.36. The number of carbonyl (C=O) groups is 2. The van der Waals surface area contributed by atoms with Gasteiger partial charge in [-0.3, -0.25) is 14.5 Å². The summed E-state index contributed by atoms with van der Waals surface area (Å²) in [7, 11) is 0. The fraction of sp³-hybridized carbons (Fsp3) is 0.517. The SMILES string of the molecule is Nc1ncnn2c(-c3ccc(Cl)c(C(=O)N[C@@H]4CN(C(=O)C5CC(F)(F)C5)C[C@@H]4F)c3)cc(CN3CCC(C(F)(F)F)CC3)c12. The molecule has 0 bridgehead atoms. The van der Waals surface area contributed by atoms with Crippen LogP contribution in [-0.2, 0) is 11.3 Å². The Kier molecular flexibility index (Phi) is 8.13. The zero-order chi connectivity index (χ0) is 32.3. The highest BCUT2D eigenvalue weighted by molar-refractivity contribution is 6.34. The van der Waals surface area contributed by atoms with Gasteiger partial charge in [-0.1, -0.05) is 17.7 Å². The number of nitrogen functional groups attached to an aromatic ring is 1. The summed E-state index contributed by atoms with van der Waals surface area (Å²) in [4.78, 5) is 33.0. The number of alkyl halides is 6. The smallest absolute Gasteiger partial charge is 0.382 e. The van der Waals surface area contributed by atoms with Crippen LogP contribution in [-0.4, -0.2) is 86.7 Å². The van der Waals surface area contributed by atoms with Gasteiger partial charge in [-0.15, -0.1) is 0 Å². The van der Waals surface area contributed by atoms with E-state index in [0.717, 1.165) is 4.90 Å². The molecule has 242 valence electrons. The van der Waals surface area contributed by atoms with Gasteiger partial charge in [0.25, 0.3) is 5.91 Å². The molecule has 9 nitrogen and oxygen atoms in total. The molecule has 3 aromatic rings. The Hall–Kier alpha value is -3.59. The molecule has 0 unspecified atom stereocenters. The van der Waals surface area contributed by atoms with Gasteiger partial charge in [-0.05, 0) is 49.7 Å². The van der Waals surface area contributed by atoms with Crippen molar-refractivity contribution in [1.29, 1.82) is 0 Å². The largest absolute Gasteiger partial charge is 0.391 e. The Morgan fingerprint density at radius 2 is 1.82 bits per heavy atom. The van der Waals surface area contributed by atoms with Crippen LogP contribution in [0.1, 0.15) is 41.6 Å². The molecule has 1 saturated carbocycles. The molecular weight excluding hydrogens is 628 g/mol.